The van der Waals surface area contributed by atoms with E-state index in [-0.39, 0.29) is 18.1 Å². The molecular weight excluding hydrogens is 460 g/mol. The molecule has 2 aliphatic rings. The van der Waals surface area contributed by atoms with Gasteiger partial charge in [0, 0.05) is 29.7 Å². The number of ketones is 1. The van der Waals surface area contributed by atoms with Gasteiger partial charge in [-0.15, -0.1) is 0 Å². The molecular formula is C25H19ClN2O6. The standard InChI is InChI=1S/C25H19ClN2O6/c1-2-32-19-10-14(5-7-17(19)26)23(29)21-22(15-4-3-9-27-12-15)28(25(31)24(21)30)16-6-8-18-20(11-16)34-13-33-18/h3-12,22,29H,2,13H2,1H3/b23-21+. The predicted molar refractivity (Wildman–Crippen MR) is 124 cm³/mol. The number of nitrogens with zero attached hydrogens (tertiary/aromatic N) is 2. The van der Waals surface area contributed by atoms with Crippen molar-refractivity contribution in [3.63, 3.8) is 0 Å². The van der Waals surface area contributed by atoms with Gasteiger partial charge in [0.15, 0.2) is 11.5 Å². The van der Waals surface area contributed by atoms with Crippen LogP contribution in [0.1, 0.15) is 24.1 Å². The number of fused-ring (bicyclic) bond motifs is 1. The molecule has 0 bridgehead atoms. The summed E-state index contributed by atoms with van der Waals surface area (Å²) in [6.07, 6.45) is 3.14. The molecule has 34 heavy (non-hydrogen) atoms. The van der Waals surface area contributed by atoms with Crippen LogP contribution in [-0.2, 0) is 9.59 Å². The van der Waals surface area contributed by atoms with E-state index in [1.165, 1.54) is 11.0 Å². The number of amides is 1. The molecule has 1 unspecified atom stereocenters. The largest absolute Gasteiger partial charge is 0.507 e. The number of anilines is 1. The van der Waals surface area contributed by atoms with E-state index in [0.717, 1.165) is 0 Å². The molecule has 0 radical (unpaired) electrons. The summed E-state index contributed by atoms with van der Waals surface area (Å²) in [5.41, 5.74) is 1.20. The molecule has 1 fully saturated rings. The molecule has 0 saturated carbocycles. The van der Waals surface area contributed by atoms with E-state index < -0.39 is 17.7 Å². The second-order valence-corrected chi connectivity index (χ2v) is 7.98. The summed E-state index contributed by atoms with van der Waals surface area (Å²) in [5, 5.41) is 11.6. The molecule has 0 aliphatic carbocycles. The maximum Gasteiger partial charge on any atom is 0.300 e. The van der Waals surface area contributed by atoms with Gasteiger partial charge in [-0.1, -0.05) is 17.7 Å². The number of halogens is 1. The summed E-state index contributed by atoms with van der Waals surface area (Å²) in [5.74, 6) is -0.583. The number of hydrogen-bond acceptors (Lipinski definition) is 7. The van der Waals surface area contributed by atoms with E-state index in [9.17, 15) is 14.7 Å². The fourth-order valence-electron chi connectivity index (χ4n) is 4.06. The lowest BCUT2D eigenvalue weighted by molar-refractivity contribution is -0.132. The first kappa shape index (κ1) is 21.8. The van der Waals surface area contributed by atoms with Crippen molar-refractivity contribution in [1.82, 2.24) is 4.98 Å². The highest BCUT2D eigenvalue weighted by Crippen LogP contribution is 2.45. The number of aliphatic hydroxyl groups is 1. The minimum absolute atomic E-state index is 0.0690. The zero-order valence-electron chi connectivity index (χ0n) is 18.0. The average Bonchev–Trinajstić information content (AvgIpc) is 3.42. The van der Waals surface area contributed by atoms with Crippen LogP contribution in [0.2, 0.25) is 5.02 Å². The van der Waals surface area contributed by atoms with Crippen LogP contribution in [0, 0.1) is 0 Å². The van der Waals surface area contributed by atoms with Crippen LogP contribution < -0.4 is 19.1 Å². The van der Waals surface area contributed by atoms with E-state index >= 15 is 0 Å². The number of Topliss-reactive ketones (excluding diaryl/α,β-unsaturated/α-hetero) is 1. The maximum atomic E-state index is 13.3. The predicted octanol–water partition coefficient (Wildman–Crippen LogP) is 4.49. The van der Waals surface area contributed by atoms with Gasteiger partial charge < -0.3 is 19.3 Å². The average molecular weight is 479 g/mol. The zero-order valence-corrected chi connectivity index (χ0v) is 18.8. The van der Waals surface area contributed by atoms with E-state index in [1.54, 1.807) is 54.9 Å². The van der Waals surface area contributed by atoms with Gasteiger partial charge in [-0.2, -0.15) is 0 Å². The fraction of sp³-hybridized carbons (Fsp3) is 0.160. The van der Waals surface area contributed by atoms with Crippen LogP contribution in [-0.4, -0.2) is 35.2 Å². The summed E-state index contributed by atoms with van der Waals surface area (Å²) < 4.78 is 16.3. The Bertz CT molecular complexity index is 1320. The summed E-state index contributed by atoms with van der Waals surface area (Å²) >= 11 is 6.18. The van der Waals surface area contributed by atoms with Crippen LogP contribution in [0.3, 0.4) is 0 Å². The smallest absolute Gasteiger partial charge is 0.300 e. The Morgan fingerprint density at radius 2 is 2.00 bits per heavy atom. The Kier molecular flexibility index (Phi) is 5.59. The molecule has 172 valence electrons. The molecule has 1 amide bonds. The van der Waals surface area contributed by atoms with E-state index in [0.29, 0.717) is 45.7 Å². The highest BCUT2D eigenvalue weighted by atomic mass is 35.5. The molecule has 1 aromatic heterocycles. The first-order valence-corrected chi connectivity index (χ1v) is 10.9. The Morgan fingerprint density at radius 1 is 1.18 bits per heavy atom. The lowest BCUT2D eigenvalue weighted by atomic mass is 9.96. The molecule has 9 heteroatoms. The lowest BCUT2D eigenvalue weighted by Crippen LogP contribution is -2.29. The number of carbonyl (C=O) groups excluding carboxylic acids is 2. The van der Waals surface area contributed by atoms with Crippen LogP contribution in [0.25, 0.3) is 5.76 Å². The summed E-state index contributed by atoms with van der Waals surface area (Å²) in [6, 6.07) is 12.2. The number of ether oxygens (including phenoxy) is 3. The van der Waals surface area contributed by atoms with E-state index in [2.05, 4.69) is 4.98 Å². The fourth-order valence-corrected chi connectivity index (χ4v) is 4.23. The highest BCUT2D eigenvalue weighted by Gasteiger charge is 2.47. The molecule has 2 aromatic carbocycles. The van der Waals surface area contributed by atoms with Gasteiger partial charge in [-0.25, -0.2) is 0 Å². The van der Waals surface area contributed by atoms with Crippen molar-refractivity contribution >= 4 is 34.7 Å². The van der Waals surface area contributed by atoms with Gasteiger partial charge in [0.25, 0.3) is 11.7 Å². The van der Waals surface area contributed by atoms with Gasteiger partial charge in [0.05, 0.1) is 23.2 Å². The SMILES string of the molecule is CCOc1cc(/C(O)=C2\C(=O)C(=O)N(c3ccc4c(c3)OCO4)C2c2cccnc2)ccc1Cl. The Hall–Kier alpha value is -4.04. The van der Waals surface area contributed by atoms with Crippen molar-refractivity contribution < 1.29 is 28.9 Å². The topological polar surface area (TPSA) is 98.2 Å². The van der Waals surface area contributed by atoms with Gasteiger partial charge in [-0.05, 0) is 48.9 Å². The van der Waals surface area contributed by atoms with Gasteiger partial charge in [0.1, 0.15) is 11.5 Å². The third-order valence-corrected chi connectivity index (χ3v) is 5.90. The number of hydrogen-bond donors (Lipinski definition) is 1. The third kappa shape index (κ3) is 3.62. The number of rotatable bonds is 5. The first-order chi connectivity index (χ1) is 16.5. The Morgan fingerprint density at radius 3 is 2.76 bits per heavy atom. The Balaban J connectivity index is 1.68. The van der Waals surface area contributed by atoms with Crippen molar-refractivity contribution in [1.29, 1.82) is 0 Å². The molecule has 3 heterocycles. The second kappa shape index (κ2) is 8.72. The monoisotopic (exact) mass is 478 g/mol. The molecule has 8 nitrogen and oxygen atoms in total. The van der Waals surface area contributed by atoms with Crippen LogP contribution in [0.4, 0.5) is 5.69 Å². The second-order valence-electron chi connectivity index (χ2n) is 7.57. The summed E-state index contributed by atoms with van der Waals surface area (Å²) in [7, 11) is 0. The lowest BCUT2D eigenvalue weighted by Gasteiger charge is -2.25. The normalized spacial score (nSPS) is 18.4. The molecule has 1 saturated heterocycles. The highest BCUT2D eigenvalue weighted by molar-refractivity contribution is 6.51. The molecule has 3 aromatic rings. The first-order valence-electron chi connectivity index (χ1n) is 10.5. The van der Waals surface area contributed by atoms with Crippen molar-refractivity contribution in [3.8, 4) is 17.2 Å². The van der Waals surface area contributed by atoms with Gasteiger partial charge in [0.2, 0.25) is 6.79 Å². The molecule has 1 atom stereocenters. The van der Waals surface area contributed by atoms with Crippen molar-refractivity contribution in [2.24, 2.45) is 0 Å². The van der Waals surface area contributed by atoms with Crippen LogP contribution in [0.15, 0.2) is 66.5 Å². The van der Waals surface area contributed by atoms with Crippen molar-refractivity contribution in [3.05, 3.63) is 82.6 Å². The van der Waals surface area contributed by atoms with E-state index in [1.807, 2.05) is 6.92 Å². The number of aromatic nitrogens is 1. The molecule has 0 spiro atoms. The maximum absolute atomic E-state index is 13.3. The summed E-state index contributed by atoms with van der Waals surface area (Å²) in [4.78, 5) is 32.0. The minimum atomic E-state index is -0.916. The van der Waals surface area contributed by atoms with E-state index in [4.69, 9.17) is 25.8 Å². The molecule has 5 rings (SSSR count). The quantitative estimate of drug-likeness (QED) is 0.328. The number of benzene rings is 2. The number of carbonyl (C=O) groups is 2. The van der Waals surface area contributed by atoms with Gasteiger partial charge >= 0.3 is 0 Å². The minimum Gasteiger partial charge on any atom is -0.507 e. The molecule has 1 N–H and O–H groups in total. The number of aliphatic hydroxyl groups excluding tert-OH is 1. The van der Waals surface area contributed by atoms with Crippen LogP contribution in [0.5, 0.6) is 17.2 Å². The summed E-state index contributed by atoms with van der Waals surface area (Å²) in [6.45, 7) is 2.25. The number of pyridine rings is 1. The van der Waals surface area contributed by atoms with Crippen molar-refractivity contribution in [2.45, 2.75) is 13.0 Å². The zero-order chi connectivity index (χ0) is 23.8. The van der Waals surface area contributed by atoms with Gasteiger partial charge in [-0.3, -0.25) is 19.5 Å². The third-order valence-electron chi connectivity index (χ3n) is 5.58. The van der Waals surface area contributed by atoms with Crippen LogP contribution >= 0.6 is 11.6 Å². The molecule has 2 aliphatic heterocycles. The van der Waals surface area contributed by atoms with Crippen molar-refractivity contribution in [2.75, 3.05) is 18.3 Å². The Labute approximate surface area is 200 Å².